The first-order valence-corrected chi connectivity index (χ1v) is 31.5. The summed E-state index contributed by atoms with van der Waals surface area (Å²) in [6.07, 6.45) is 26.7. The fraction of sp³-hybridized carbons (Fsp3) is 0.0494. The third-order valence-corrected chi connectivity index (χ3v) is 16.9. The number of nitrogens with one attached hydrogen (secondary N) is 2. The van der Waals surface area contributed by atoms with Crippen molar-refractivity contribution in [3.63, 3.8) is 0 Å². The van der Waals surface area contributed by atoms with Gasteiger partial charge in [-0.1, -0.05) is 164 Å². The molecule has 0 saturated carbocycles. The molecule has 0 saturated heterocycles. The molecule has 2 N–H and O–H groups in total. The van der Waals surface area contributed by atoms with Gasteiger partial charge in [0.15, 0.2) is 23.1 Å². The summed E-state index contributed by atoms with van der Waals surface area (Å²) in [6, 6.07) is 77.5. The molecule has 4 aliphatic rings. The molecule has 0 amide bonds. The zero-order valence-corrected chi connectivity index (χ0v) is 51.3. The van der Waals surface area contributed by atoms with E-state index in [2.05, 4.69) is 171 Å². The highest BCUT2D eigenvalue weighted by Crippen LogP contribution is 2.37. The van der Waals surface area contributed by atoms with Crippen LogP contribution in [0.1, 0.15) is 44.8 Å². The van der Waals surface area contributed by atoms with E-state index in [1.807, 2.05) is 121 Å². The Hall–Kier alpha value is -12.0. The van der Waals surface area contributed by atoms with Crippen LogP contribution in [0.25, 0.3) is 111 Å². The van der Waals surface area contributed by atoms with Crippen LogP contribution in [0.3, 0.4) is 0 Å². The summed E-state index contributed by atoms with van der Waals surface area (Å²) in [5.41, 5.74) is 22.9. The first-order chi connectivity index (χ1) is 46.1. The van der Waals surface area contributed by atoms with Crippen LogP contribution in [0.15, 0.2) is 325 Å². The molecule has 0 unspecified atom stereocenters. The zero-order valence-electron chi connectivity index (χ0n) is 50.5. The highest BCUT2D eigenvalue weighted by atomic mass is 32.1. The Balaban J connectivity index is 0.0000000913. The second-order valence-electron chi connectivity index (χ2n) is 21.9. The molecule has 0 atom stereocenters. The smallest absolute Gasteiger partial charge is 0.181 e. The number of benzene rings is 8. The number of aromatic nitrogens is 5. The van der Waals surface area contributed by atoms with Gasteiger partial charge in [-0.3, -0.25) is 4.98 Å². The molecule has 0 radical (unpaired) electrons. The van der Waals surface area contributed by atoms with Crippen LogP contribution in [-0.4, -0.2) is 24.9 Å². The molecular weight excluding hydrogens is 1170 g/mol. The molecule has 22 rings (SSSR count). The number of aromatic amines is 2. The highest BCUT2D eigenvalue weighted by molar-refractivity contribution is 7.16. The van der Waals surface area contributed by atoms with Crippen LogP contribution in [-0.2, 0) is 25.7 Å². The van der Waals surface area contributed by atoms with Crippen molar-refractivity contribution in [3.05, 3.63) is 343 Å². The summed E-state index contributed by atoms with van der Waals surface area (Å²) in [4.78, 5) is 18.9. The minimum absolute atomic E-state index is 0.810. The normalized spacial score (nSPS) is 11.8. The van der Waals surface area contributed by atoms with E-state index in [0.717, 1.165) is 81.7 Å². The van der Waals surface area contributed by atoms with E-state index < -0.39 is 0 Å². The average Bonchev–Trinajstić information content (AvgIpc) is 1.84. The summed E-state index contributed by atoms with van der Waals surface area (Å²) in [7, 11) is 0. The van der Waals surface area contributed by atoms with Crippen molar-refractivity contribution in [1.82, 2.24) is 24.9 Å². The number of hydrogen-bond acceptors (Lipinski definition) is 10. The highest BCUT2D eigenvalue weighted by Gasteiger charge is 2.20. The summed E-state index contributed by atoms with van der Waals surface area (Å²) in [5, 5.41) is 6.06. The Morgan fingerprint density at radius 2 is 0.978 bits per heavy atom. The number of para-hydroxylation sites is 5. The van der Waals surface area contributed by atoms with Crippen molar-refractivity contribution in [2.24, 2.45) is 0 Å². The van der Waals surface area contributed by atoms with Crippen LogP contribution in [0.4, 0.5) is 0 Å². The van der Waals surface area contributed by atoms with Crippen LogP contribution in [0.2, 0.25) is 0 Å². The van der Waals surface area contributed by atoms with Crippen molar-refractivity contribution in [2.45, 2.75) is 25.7 Å². The van der Waals surface area contributed by atoms with Gasteiger partial charge in [-0.25, -0.2) is 9.97 Å². The van der Waals surface area contributed by atoms with Gasteiger partial charge in [0.1, 0.15) is 28.2 Å². The van der Waals surface area contributed by atoms with Gasteiger partial charge in [-0.05, 0) is 119 Å². The molecule has 4 aliphatic carbocycles. The Bertz CT molecular complexity index is 5070. The van der Waals surface area contributed by atoms with Crippen LogP contribution < -0.4 is 0 Å². The predicted molar refractivity (Wildman–Crippen MR) is 376 cm³/mol. The molecule has 0 fully saturated rings. The van der Waals surface area contributed by atoms with Gasteiger partial charge < -0.3 is 36.5 Å². The van der Waals surface area contributed by atoms with Crippen LogP contribution >= 0.6 is 11.3 Å². The van der Waals surface area contributed by atoms with Gasteiger partial charge in [0.05, 0.1) is 46.3 Å². The summed E-state index contributed by atoms with van der Waals surface area (Å²) in [5.74, 6) is 2.09. The van der Waals surface area contributed by atoms with E-state index in [1.165, 1.54) is 93.9 Å². The monoisotopic (exact) mass is 1230 g/mol. The quantitative estimate of drug-likeness (QED) is 0.142. The molecule has 11 nitrogen and oxygen atoms in total. The first-order valence-electron chi connectivity index (χ1n) is 30.6. The molecule has 0 spiro atoms. The van der Waals surface area contributed by atoms with E-state index in [0.29, 0.717) is 0 Å². The number of hydrogen-bond donors (Lipinski definition) is 2. The second kappa shape index (κ2) is 28.2. The van der Waals surface area contributed by atoms with E-state index in [-0.39, 0.29) is 0 Å². The number of rotatable bonds is 0. The Morgan fingerprint density at radius 1 is 0.376 bits per heavy atom. The number of oxazole rings is 1. The largest absolute Gasteiger partial charge is 0.465 e. The molecule has 10 aromatic heterocycles. The number of fused-ring (bicyclic) bond motifs is 17. The Labute approximate surface area is 539 Å². The van der Waals surface area contributed by atoms with Gasteiger partial charge >= 0.3 is 0 Å². The van der Waals surface area contributed by atoms with Crippen molar-refractivity contribution in [1.29, 1.82) is 0 Å². The summed E-state index contributed by atoms with van der Waals surface area (Å²) >= 11 is 1.68. The second-order valence-corrected chi connectivity index (χ2v) is 22.8. The lowest BCUT2D eigenvalue weighted by Gasteiger charge is -2.01. The maximum atomic E-state index is 5.65. The fourth-order valence-electron chi connectivity index (χ4n) is 11.5. The molecule has 452 valence electrons. The van der Waals surface area contributed by atoms with Crippen LogP contribution in [0, 0.1) is 0 Å². The molecule has 10 heterocycles. The van der Waals surface area contributed by atoms with Gasteiger partial charge in [0, 0.05) is 98.8 Å². The van der Waals surface area contributed by atoms with Crippen molar-refractivity contribution in [2.75, 3.05) is 0 Å². The lowest BCUT2D eigenvalue weighted by Crippen LogP contribution is -1.79. The number of furan rings is 5. The third kappa shape index (κ3) is 13.6. The van der Waals surface area contributed by atoms with Gasteiger partial charge in [-0.2, -0.15) is 0 Å². The molecule has 93 heavy (non-hydrogen) atoms. The van der Waals surface area contributed by atoms with E-state index in [1.54, 1.807) is 48.5 Å². The lowest BCUT2D eigenvalue weighted by molar-refractivity contribution is 0.556. The van der Waals surface area contributed by atoms with E-state index >= 15 is 0 Å². The molecule has 18 aromatic rings. The number of pyridine rings is 1. The van der Waals surface area contributed by atoms with E-state index in [9.17, 15) is 0 Å². The minimum atomic E-state index is 0.810. The summed E-state index contributed by atoms with van der Waals surface area (Å²) < 4.78 is 32.3. The van der Waals surface area contributed by atoms with Gasteiger partial charge in [0.25, 0.3) is 0 Å². The zero-order chi connectivity index (χ0) is 62.4. The number of nitrogens with zero attached hydrogens (tertiary/aromatic N) is 3. The van der Waals surface area contributed by atoms with Crippen LogP contribution in [0.5, 0.6) is 0 Å². The van der Waals surface area contributed by atoms with Gasteiger partial charge in [0.2, 0.25) is 0 Å². The molecule has 0 bridgehead atoms. The van der Waals surface area contributed by atoms with E-state index in [4.69, 9.17) is 26.5 Å². The molecule has 8 aromatic carbocycles. The molecule has 0 aliphatic heterocycles. The molecule has 12 heteroatoms. The number of thiazole rings is 1. The Kier molecular flexibility index (Phi) is 17.8. The minimum Gasteiger partial charge on any atom is -0.465 e. The van der Waals surface area contributed by atoms with Crippen molar-refractivity contribution in [3.8, 4) is 22.6 Å². The maximum Gasteiger partial charge on any atom is 0.181 e. The first kappa shape index (κ1) is 58.7. The number of allylic oxidation sites excluding steroid dienone is 2. The van der Waals surface area contributed by atoms with Crippen molar-refractivity contribution < 1.29 is 26.5 Å². The third-order valence-electron chi connectivity index (χ3n) is 16.1. The van der Waals surface area contributed by atoms with Gasteiger partial charge in [-0.15, -0.1) is 11.3 Å². The average molecular weight is 1230 g/mol. The summed E-state index contributed by atoms with van der Waals surface area (Å²) in [6.45, 7) is 0. The lowest BCUT2D eigenvalue weighted by atomic mass is 10.1. The fourth-order valence-corrected chi connectivity index (χ4v) is 12.2. The number of H-pyrrole nitrogens is 2. The SMILES string of the molecule is C1=Cc2[nH]ccc2C1.C1=Cc2occc2C1.c1cc2occc2o1.c1ccc2c(c1)Cc1cc[nH]c1-2.c1ccc2c(c1)Cc1ccoc1-2.c1ccc2c(c1)ccc1cccnc12.c1ccc2c(c1)oc1ccccc12.c1ccc2ocnc2c1.c1ccc2scnc2c1. The molecular formula is C81H61N5O6S. The predicted octanol–water partition coefficient (Wildman–Crippen LogP) is 22.0. The standard InChI is InChI=1S/C13H9N.C12H8O.C11H9N.C11H8O.C7H5NO.C7H5NS.C7H7N.C7H6O.C6H4O2/c1-2-6-12-10(4-1)7-8-11-5-3-9-14-13(11)12;1-3-7-11-9(5-1)10-6-2-4-8-12(10)13-11;2*1-2-4-10-8(3-1)7-9-5-6-12-11(9)10;2*1-2-4-7-6(3-1)8-5-9-7;2*1-2-6-4-5-8-7(6)3-1;1-3-7-6-2-4-8-5(1)6/h1-9H;1-8H;1-6,12H,7H2;1-6H,7H2;2*1-5H;1,3-5,8H,2H2;1,3-5H,2H2;1-4H. The Morgan fingerprint density at radius 3 is 1.76 bits per heavy atom. The maximum absolute atomic E-state index is 5.65. The van der Waals surface area contributed by atoms with Crippen molar-refractivity contribution >= 4 is 99.6 Å². The topological polar surface area (TPSA) is 149 Å².